The Morgan fingerprint density at radius 3 is 1.81 bits per heavy atom. The van der Waals surface area contributed by atoms with Gasteiger partial charge in [0.15, 0.2) is 0 Å². The fourth-order valence-electron chi connectivity index (χ4n) is 3.01. The zero-order valence-electron chi connectivity index (χ0n) is 14.2. The van der Waals surface area contributed by atoms with Crippen molar-refractivity contribution >= 4 is 27.3 Å². The molecule has 0 unspecified atom stereocenters. The normalized spacial score (nSPS) is 10.5. The zero-order valence-corrected chi connectivity index (χ0v) is 15.8. The van der Waals surface area contributed by atoms with Crippen molar-refractivity contribution in [1.29, 1.82) is 0 Å². The lowest BCUT2D eigenvalue weighted by atomic mass is 9.97. The maximum atomic E-state index is 3.56. The SMILES string of the molecule is Brc1ccc(Nc2ccc(-c3ccccc3)cc2-c2ccccc2)cc1. The Kier molecular flexibility index (Phi) is 4.85. The van der Waals surface area contributed by atoms with Crippen molar-refractivity contribution in [2.24, 2.45) is 0 Å². The van der Waals surface area contributed by atoms with Crippen LogP contribution in [0.4, 0.5) is 11.4 Å². The summed E-state index contributed by atoms with van der Waals surface area (Å²) >= 11 is 3.49. The van der Waals surface area contributed by atoms with E-state index in [2.05, 4.69) is 100 Å². The number of anilines is 2. The predicted octanol–water partition coefficient (Wildman–Crippen LogP) is 7.53. The lowest BCUT2D eigenvalue weighted by Gasteiger charge is -2.15. The molecule has 2 heteroatoms. The predicted molar refractivity (Wildman–Crippen MR) is 115 cm³/mol. The van der Waals surface area contributed by atoms with Crippen LogP contribution in [0.1, 0.15) is 0 Å². The molecular formula is C24H18BrN. The first-order valence-electron chi connectivity index (χ1n) is 8.57. The van der Waals surface area contributed by atoms with Crippen LogP contribution in [-0.4, -0.2) is 0 Å². The van der Waals surface area contributed by atoms with Gasteiger partial charge in [0.05, 0.1) is 0 Å². The summed E-state index contributed by atoms with van der Waals surface area (Å²) in [6.07, 6.45) is 0. The summed E-state index contributed by atoms with van der Waals surface area (Å²) in [5, 5.41) is 3.56. The van der Waals surface area contributed by atoms with Crippen molar-refractivity contribution in [3.05, 3.63) is 108 Å². The first-order valence-corrected chi connectivity index (χ1v) is 9.36. The second-order valence-corrected chi connectivity index (χ2v) is 7.04. The van der Waals surface area contributed by atoms with E-state index >= 15 is 0 Å². The molecule has 0 saturated carbocycles. The average Bonchev–Trinajstić information content (AvgIpc) is 2.71. The molecular weight excluding hydrogens is 382 g/mol. The van der Waals surface area contributed by atoms with Gasteiger partial charge in [0.1, 0.15) is 0 Å². The second kappa shape index (κ2) is 7.59. The van der Waals surface area contributed by atoms with Crippen LogP contribution in [0, 0.1) is 0 Å². The smallest absolute Gasteiger partial charge is 0.0464 e. The van der Waals surface area contributed by atoms with Crippen LogP contribution in [-0.2, 0) is 0 Å². The third-order valence-corrected chi connectivity index (χ3v) is 4.86. The summed E-state index contributed by atoms with van der Waals surface area (Å²) in [6.45, 7) is 0. The Morgan fingerprint density at radius 2 is 1.15 bits per heavy atom. The van der Waals surface area contributed by atoms with E-state index in [-0.39, 0.29) is 0 Å². The van der Waals surface area contributed by atoms with Crippen molar-refractivity contribution in [3.8, 4) is 22.3 Å². The van der Waals surface area contributed by atoms with Crippen LogP contribution < -0.4 is 5.32 Å². The monoisotopic (exact) mass is 399 g/mol. The van der Waals surface area contributed by atoms with Gasteiger partial charge in [-0.25, -0.2) is 0 Å². The van der Waals surface area contributed by atoms with E-state index in [1.165, 1.54) is 22.3 Å². The topological polar surface area (TPSA) is 12.0 Å². The number of nitrogens with one attached hydrogen (secondary N) is 1. The summed E-state index contributed by atoms with van der Waals surface area (Å²) in [5.41, 5.74) is 6.99. The molecule has 1 N–H and O–H groups in total. The number of hydrogen-bond acceptors (Lipinski definition) is 1. The zero-order chi connectivity index (χ0) is 17.8. The average molecular weight is 400 g/mol. The molecule has 0 spiro atoms. The Morgan fingerprint density at radius 1 is 0.538 bits per heavy atom. The maximum Gasteiger partial charge on any atom is 0.0464 e. The van der Waals surface area contributed by atoms with Gasteiger partial charge in [-0.05, 0) is 53.1 Å². The van der Waals surface area contributed by atoms with Gasteiger partial charge in [0.25, 0.3) is 0 Å². The molecule has 0 saturated heterocycles. The van der Waals surface area contributed by atoms with E-state index < -0.39 is 0 Å². The van der Waals surface area contributed by atoms with E-state index in [0.717, 1.165) is 15.8 Å². The highest BCUT2D eigenvalue weighted by molar-refractivity contribution is 9.10. The Bertz CT molecular complexity index is 993. The van der Waals surface area contributed by atoms with E-state index in [4.69, 9.17) is 0 Å². The molecule has 0 aliphatic heterocycles. The van der Waals surface area contributed by atoms with Crippen molar-refractivity contribution < 1.29 is 0 Å². The van der Waals surface area contributed by atoms with Crippen molar-refractivity contribution in [2.45, 2.75) is 0 Å². The lowest BCUT2D eigenvalue weighted by Crippen LogP contribution is -1.94. The molecule has 0 bridgehead atoms. The van der Waals surface area contributed by atoms with Crippen LogP contribution in [0.2, 0.25) is 0 Å². The Balaban J connectivity index is 1.79. The first-order chi connectivity index (χ1) is 12.8. The number of benzene rings is 4. The molecule has 0 aliphatic rings. The molecule has 0 amide bonds. The number of rotatable bonds is 4. The largest absolute Gasteiger partial charge is 0.355 e. The highest BCUT2D eigenvalue weighted by Crippen LogP contribution is 2.34. The first kappa shape index (κ1) is 16.6. The highest BCUT2D eigenvalue weighted by Gasteiger charge is 2.08. The standard InChI is InChI=1S/C24H18BrN/c25-21-12-14-22(15-13-21)26-24-16-11-20(18-7-3-1-4-8-18)17-23(24)19-9-5-2-6-10-19/h1-17,26H. The summed E-state index contributed by atoms with van der Waals surface area (Å²) in [4.78, 5) is 0. The molecule has 126 valence electrons. The highest BCUT2D eigenvalue weighted by atomic mass is 79.9. The molecule has 4 rings (SSSR count). The minimum atomic E-state index is 1.07. The third kappa shape index (κ3) is 3.71. The van der Waals surface area contributed by atoms with Gasteiger partial charge >= 0.3 is 0 Å². The van der Waals surface area contributed by atoms with E-state index in [1.807, 2.05) is 24.3 Å². The Labute approximate surface area is 162 Å². The minimum Gasteiger partial charge on any atom is -0.355 e. The molecule has 4 aromatic rings. The minimum absolute atomic E-state index is 1.07. The molecule has 0 fully saturated rings. The molecule has 0 atom stereocenters. The fourth-order valence-corrected chi connectivity index (χ4v) is 3.27. The summed E-state index contributed by atoms with van der Waals surface area (Å²) < 4.78 is 1.07. The molecule has 0 aliphatic carbocycles. The molecule has 4 aromatic carbocycles. The van der Waals surface area contributed by atoms with Gasteiger partial charge in [-0.1, -0.05) is 82.7 Å². The van der Waals surface area contributed by atoms with Gasteiger partial charge in [0, 0.05) is 21.4 Å². The van der Waals surface area contributed by atoms with Gasteiger partial charge in [-0.15, -0.1) is 0 Å². The summed E-state index contributed by atoms with van der Waals surface area (Å²) in [7, 11) is 0. The van der Waals surface area contributed by atoms with E-state index in [0.29, 0.717) is 0 Å². The second-order valence-electron chi connectivity index (χ2n) is 6.12. The lowest BCUT2D eigenvalue weighted by molar-refractivity contribution is 1.52. The fraction of sp³-hybridized carbons (Fsp3) is 0. The van der Waals surface area contributed by atoms with Gasteiger partial charge in [-0.2, -0.15) is 0 Å². The van der Waals surface area contributed by atoms with Crippen molar-refractivity contribution in [2.75, 3.05) is 5.32 Å². The summed E-state index contributed by atoms with van der Waals surface area (Å²) in [6, 6.07) is 35.8. The molecule has 1 nitrogen and oxygen atoms in total. The van der Waals surface area contributed by atoms with Crippen LogP contribution in [0.25, 0.3) is 22.3 Å². The van der Waals surface area contributed by atoms with Gasteiger partial charge in [-0.3, -0.25) is 0 Å². The maximum absolute atomic E-state index is 3.56. The van der Waals surface area contributed by atoms with Crippen LogP contribution >= 0.6 is 15.9 Å². The third-order valence-electron chi connectivity index (χ3n) is 4.33. The molecule has 0 aromatic heterocycles. The van der Waals surface area contributed by atoms with Crippen LogP contribution in [0.5, 0.6) is 0 Å². The molecule has 0 radical (unpaired) electrons. The van der Waals surface area contributed by atoms with Crippen LogP contribution in [0.15, 0.2) is 108 Å². The summed E-state index contributed by atoms with van der Waals surface area (Å²) in [5.74, 6) is 0. The van der Waals surface area contributed by atoms with Crippen LogP contribution in [0.3, 0.4) is 0 Å². The number of hydrogen-bond donors (Lipinski definition) is 1. The van der Waals surface area contributed by atoms with E-state index in [1.54, 1.807) is 0 Å². The van der Waals surface area contributed by atoms with Crippen molar-refractivity contribution in [1.82, 2.24) is 0 Å². The van der Waals surface area contributed by atoms with Crippen molar-refractivity contribution in [3.63, 3.8) is 0 Å². The van der Waals surface area contributed by atoms with Gasteiger partial charge < -0.3 is 5.32 Å². The van der Waals surface area contributed by atoms with E-state index in [9.17, 15) is 0 Å². The Hall–Kier alpha value is -2.84. The number of halogens is 1. The molecule has 0 heterocycles. The quantitative estimate of drug-likeness (QED) is 0.373. The van der Waals surface area contributed by atoms with Gasteiger partial charge in [0.2, 0.25) is 0 Å². The molecule has 26 heavy (non-hydrogen) atoms.